The van der Waals surface area contributed by atoms with Gasteiger partial charge in [0.1, 0.15) is 18.0 Å². The lowest BCUT2D eigenvalue weighted by molar-refractivity contribution is -0.135. The lowest BCUT2D eigenvalue weighted by atomic mass is 9.75. The van der Waals surface area contributed by atoms with E-state index in [1.165, 1.54) is 16.0 Å². The number of ether oxygens (including phenoxy) is 1. The maximum Gasteiger partial charge on any atom is 0.327 e. The van der Waals surface area contributed by atoms with Gasteiger partial charge in [-0.1, -0.05) is 38.9 Å². The van der Waals surface area contributed by atoms with Crippen LogP contribution in [-0.2, 0) is 16.3 Å². The Labute approximate surface area is 185 Å². The SMILES string of the molecule is CN1C(=O)N(CC(=O)c2ccnn2COCC[Si](C)(C)C)C(=O)C1(C)C1CCCCC1. The molecule has 1 aliphatic heterocycles. The van der Waals surface area contributed by atoms with E-state index < -0.39 is 19.6 Å². The molecule has 1 aromatic heterocycles. The molecule has 1 aliphatic carbocycles. The highest BCUT2D eigenvalue weighted by molar-refractivity contribution is 6.76. The summed E-state index contributed by atoms with van der Waals surface area (Å²) in [5, 5.41) is 4.18. The fourth-order valence-corrected chi connectivity index (χ4v) is 5.32. The van der Waals surface area contributed by atoms with Crippen molar-refractivity contribution in [2.24, 2.45) is 5.92 Å². The summed E-state index contributed by atoms with van der Waals surface area (Å²) in [5.41, 5.74) is -0.527. The molecule has 1 unspecified atom stereocenters. The van der Waals surface area contributed by atoms with E-state index in [0.29, 0.717) is 12.3 Å². The molecule has 1 saturated carbocycles. The van der Waals surface area contributed by atoms with Crippen molar-refractivity contribution in [1.82, 2.24) is 19.6 Å². The van der Waals surface area contributed by atoms with Gasteiger partial charge < -0.3 is 9.64 Å². The Morgan fingerprint density at radius 2 is 1.90 bits per heavy atom. The lowest BCUT2D eigenvalue weighted by Gasteiger charge is -2.38. The fraction of sp³-hybridized carbons (Fsp3) is 0.727. The third-order valence-corrected chi connectivity index (χ3v) is 8.51. The Balaban J connectivity index is 1.66. The van der Waals surface area contributed by atoms with Crippen molar-refractivity contribution in [3.63, 3.8) is 0 Å². The van der Waals surface area contributed by atoms with Gasteiger partial charge >= 0.3 is 6.03 Å². The number of amides is 3. The van der Waals surface area contributed by atoms with Crippen LogP contribution in [0.1, 0.15) is 49.5 Å². The third kappa shape index (κ3) is 4.92. The number of rotatable bonds is 9. The van der Waals surface area contributed by atoms with Crippen LogP contribution in [0.5, 0.6) is 0 Å². The van der Waals surface area contributed by atoms with Crippen LogP contribution in [0.4, 0.5) is 4.79 Å². The molecule has 1 atom stereocenters. The number of urea groups is 1. The molecular formula is C22H36N4O4Si. The molecule has 9 heteroatoms. The Hall–Kier alpha value is -2.00. The van der Waals surface area contributed by atoms with E-state index in [2.05, 4.69) is 24.7 Å². The zero-order valence-corrected chi connectivity index (χ0v) is 20.5. The minimum absolute atomic E-state index is 0.132. The molecule has 0 radical (unpaired) electrons. The van der Waals surface area contributed by atoms with Gasteiger partial charge in [-0.05, 0) is 37.8 Å². The molecule has 1 aromatic rings. The van der Waals surface area contributed by atoms with E-state index >= 15 is 0 Å². The third-order valence-electron chi connectivity index (χ3n) is 6.81. The number of nitrogens with zero attached hydrogens (tertiary/aromatic N) is 4. The quantitative estimate of drug-likeness (QED) is 0.249. The first-order valence-electron chi connectivity index (χ1n) is 11.3. The van der Waals surface area contributed by atoms with Crippen LogP contribution < -0.4 is 0 Å². The first kappa shape index (κ1) is 23.7. The van der Waals surface area contributed by atoms with E-state index in [4.69, 9.17) is 4.74 Å². The number of carbonyl (C=O) groups is 3. The first-order chi connectivity index (χ1) is 14.6. The van der Waals surface area contributed by atoms with Gasteiger partial charge in [0.2, 0.25) is 5.78 Å². The molecule has 31 heavy (non-hydrogen) atoms. The topological polar surface area (TPSA) is 84.7 Å². The van der Waals surface area contributed by atoms with Crippen molar-refractivity contribution < 1.29 is 19.1 Å². The summed E-state index contributed by atoms with van der Waals surface area (Å²) < 4.78 is 7.22. The van der Waals surface area contributed by atoms with Gasteiger partial charge in [-0.25, -0.2) is 9.48 Å². The highest BCUT2D eigenvalue weighted by Gasteiger charge is 2.56. The van der Waals surface area contributed by atoms with E-state index in [9.17, 15) is 14.4 Å². The van der Waals surface area contributed by atoms with Gasteiger partial charge in [0.15, 0.2) is 0 Å². The minimum atomic E-state index is -1.20. The predicted molar refractivity (Wildman–Crippen MR) is 121 cm³/mol. The Kier molecular flexibility index (Phi) is 7.05. The van der Waals surface area contributed by atoms with Crippen LogP contribution in [0.15, 0.2) is 12.3 Å². The first-order valence-corrected chi connectivity index (χ1v) is 15.0. The normalized spacial score (nSPS) is 23.1. The van der Waals surface area contributed by atoms with Crippen molar-refractivity contribution in [1.29, 1.82) is 0 Å². The second-order valence-corrected chi connectivity index (χ2v) is 15.8. The average molecular weight is 449 g/mol. The number of likely N-dealkylation sites (N-methyl/N-ethyl adjacent to an activating group) is 1. The number of imide groups is 1. The molecule has 0 aromatic carbocycles. The molecule has 2 heterocycles. The molecule has 8 nitrogen and oxygen atoms in total. The van der Waals surface area contributed by atoms with E-state index in [1.54, 1.807) is 19.3 Å². The molecule has 0 N–H and O–H groups in total. The second kappa shape index (κ2) is 9.24. The summed E-state index contributed by atoms with van der Waals surface area (Å²) in [4.78, 5) is 41.8. The highest BCUT2D eigenvalue weighted by atomic mass is 28.3. The van der Waals surface area contributed by atoms with Gasteiger partial charge in [-0.3, -0.25) is 14.5 Å². The lowest BCUT2D eigenvalue weighted by Crippen LogP contribution is -2.52. The molecule has 3 rings (SSSR count). The fourth-order valence-electron chi connectivity index (χ4n) is 4.56. The van der Waals surface area contributed by atoms with Crippen LogP contribution >= 0.6 is 0 Å². The second-order valence-electron chi connectivity index (χ2n) is 10.2. The molecule has 0 spiro atoms. The summed E-state index contributed by atoms with van der Waals surface area (Å²) in [6, 6.07) is 2.24. The van der Waals surface area contributed by atoms with Crippen LogP contribution in [0.2, 0.25) is 25.7 Å². The molecule has 172 valence electrons. The van der Waals surface area contributed by atoms with Crippen LogP contribution in [0.3, 0.4) is 0 Å². The highest BCUT2D eigenvalue weighted by Crippen LogP contribution is 2.40. The molecule has 1 saturated heterocycles. The summed E-state index contributed by atoms with van der Waals surface area (Å²) in [6.07, 6.45) is 6.73. The Morgan fingerprint density at radius 3 is 2.55 bits per heavy atom. The van der Waals surface area contributed by atoms with Gasteiger partial charge in [-0.15, -0.1) is 0 Å². The van der Waals surface area contributed by atoms with Crippen LogP contribution in [0, 0.1) is 5.92 Å². The summed E-state index contributed by atoms with van der Waals surface area (Å²) >= 11 is 0. The predicted octanol–water partition coefficient (Wildman–Crippen LogP) is 3.61. The number of Topliss-reactive ketones (excluding diaryl/α,β-unsaturated/α-hetero) is 1. The van der Waals surface area contributed by atoms with E-state index in [0.717, 1.165) is 36.6 Å². The monoisotopic (exact) mass is 448 g/mol. The van der Waals surface area contributed by atoms with Crippen molar-refractivity contribution in [2.75, 3.05) is 20.2 Å². The Bertz CT molecular complexity index is 828. The van der Waals surface area contributed by atoms with Gasteiger partial charge in [0.25, 0.3) is 5.91 Å². The smallest absolute Gasteiger partial charge is 0.327 e. The number of hydrogen-bond acceptors (Lipinski definition) is 5. The van der Waals surface area contributed by atoms with Gasteiger partial charge in [0, 0.05) is 27.9 Å². The number of aromatic nitrogens is 2. The van der Waals surface area contributed by atoms with E-state index in [-0.39, 0.29) is 30.9 Å². The minimum Gasteiger partial charge on any atom is -0.360 e. The largest absolute Gasteiger partial charge is 0.360 e. The molecule has 2 fully saturated rings. The Morgan fingerprint density at radius 1 is 1.23 bits per heavy atom. The summed E-state index contributed by atoms with van der Waals surface area (Å²) in [5.74, 6) is -0.444. The van der Waals surface area contributed by atoms with E-state index in [1.807, 2.05) is 6.92 Å². The number of hydrogen-bond donors (Lipinski definition) is 0. The maximum absolute atomic E-state index is 13.3. The zero-order valence-electron chi connectivity index (χ0n) is 19.5. The van der Waals surface area contributed by atoms with Crippen LogP contribution in [-0.4, -0.2) is 71.1 Å². The zero-order chi connectivity index (χ0) is 22.8. The summed E-state index contributed by atoms with van der Waals surface area (Å²) in [7, 11) is 0.479. The van der Waals surface area contributed by atoms with Crippen molar-refractivity contribution in [3.05, 3.63) is 18.0 Å². The van der Waals surface area contributed by atoms with Gasteiger partial charge in [-0.2, -0.15) is 5.10 Å². The molecule has 2 aliphatic rings. The van der Waals surface area contributed by atoms with Crippen LogP contribution in [0.25, 0.3) is 0 Å². The molecule has 3 amide bonds. The summed E-state index contributed by atoms with van der Waals surface area (Å²) in [6.45, 7) is 9.22. The standard InChI is InChI=1S/C22H36N4O4Si/c1-22(17-9-7-6-8-10-17)20(28)25(21(29)24(22)2)15-19(27)18-11-12-23-26(18)16-30-13-14-31(3,4)5/h11-12,17H,6-10,13-16H2,1-5H3. The number of carbonyl (C=O) groups excluding carboxylic acids is 3. The van der Waals surface area contributed by atoms with Crippen molar-refractivity contribution in [3.8, 4) is 0 Å². The van der Waals surface area contributed by atoms with Crippen molar-refractivity contribution >= 4 is 25.8 Å². The maximum atomic E-state index is 13.3. The average Bonchev–Trinajstić information content (AvgIpc) is 3.26. The van der Waals surface area contributed by atoms with Crippen molar-refractivity contribution in [2.45, 2.75) is 77.0 Å². The number of ketones is 1. The molecular weight excluding hydrogens is 412 g/mol. The molecule has 0 bridgehead atoms. The van der Waals surface area contributed by atoms with Gasteiger partial charge in [0.05, 0.1) is 6.54 Å².